The lowest BCUT2D eigenvalue weighted by molar-refractivity contribution is 0.104. The Hall–Kier alpha value is -2.40. The van der Waals surface area contributed by atoms with Gasteiger partial charge in [-0.2, -0.15) is 0 Å². The summed E-state index contributed by atoms with van der Waals surface area (Å²) in [5, 5.41) is 0.914. The highest BCUT2D eigenvalue weighted by Gasteiger charge is 2.23. The molecule has 1 aliphatic carbocycles. The smallest absolute Gasteiger partial charge is 0.205 e. The lowest BCUT2D eigenvalue weighted by Crippen LogP contribution is -2.14. The van der Waals surface area contributed by atoms with E-state index in [2.05, 4.69) is 13.0 Å². The topological polar surface area (TPSA) is 65.2 Å². The van der Waals surface area contributed by atoms with Gasteiger partial charge in [-0.05, 0) is 48.9 Å². The molecule has 2 heterocycles. The molecule has 1 atom stereocenters. The van der Waals surface area contributed by atoms with Crippen molar-refractivity contribution in [2.24, 2.45) is 5.92 Å². The van der Waals surface area contributed by atoms with E-state index >= 15 is 0 Å². The summed E-state index contributed by atoms with van der Waals surface area (Å²) in [6.07, 6.45) is 4.46. The number of nitrogens with zero attached hydrogens (tertiary/aromatic N) is 1. The van der Waals surface area contributed by atoms with Crippen LogP contribution < -0.4 is 10.5 Å². The number of hydrogen-bond acceptors (Lipinski definition) is 5. The number of aromatic nitrogens is 1. The molecule has 0 spiro atoms. The number of carbonyl (C=O) groups is 1. The first-order valence-electron chi connectivity index (χ1n) is 9.00. The molecule has 0 bridgehead atoms. The number of ketones is 1. The molecular weight excluding hydrogens is 344 g/mol. The normalized spacial score (nSPS) is 16.5. The summed E-state index contributed by atoms with van der Waals surface area (Å²) in [4.78, 5) is 19.2. The fourth-order valence-corrected chi connectivity index (χ4v) is 4.74. The van der Waals surface area contributed by atoms with Crippen LogP contribution in [0.5, 0.6) is 5.75 Å². The second kappa shape index (κ2) is 6.72. The molecule has 3 aromatic rings. The Morgan fingerprint density at radius 3 is 3.00 bits per heavy atom. The van der Waals surface area contributed by atoms with Gasteiger partial charge in [0, 0.05) is 16.6 Å². The molecule has 2 aromatic heterocycles. The van der Waals surface area contributed by atoms with Crippen LogP contribution in [0.4, 0.5) is 5.69 Å². The maximum absolute atomic E-state index is 13.0. The summed E-state index contributed by atoms with van der Waals surface area (Å²) in [6.45, 7) is 2.24. The summed E-state index contributed by atoms with van der Waals surface area (Å²) < 4.78 is 5.23. The van der Waals surface area contributed by atoms with Crippen LogP contribution in [-0.4, -0.2) is 17.9 Å². The summed E-state index contributed by atoms with van der Waals surface area (Å²) >= 11 is 1.39. The summed E-state index contributed by atoms with van der Waals surface area (Å²) in [5.41, 5.74) is 9.96. The average Bonchev–Trinajstić information content (AvgIpc) is 3.01. The molecule has 5 heteroatoms. The van der Waals surface area contributed by atoms with Gasteiger partial charge < -0.3 is 10.5 Å². The van der Waals surface area contributed by atoms with Gasteiger partial charge in [-0.1, -0.05) is 25.5 Å². The molecule has 134 valence electrons. The first-order chi connectivity index (χ1) is 12.6. The summed E-state index contributed by atoms with van der Waals surface area (Å²) in [6, 6.07) is 9.34. The zero-order chi connectivity index (χ0) is 18.3. The van der Waals surface area contributed by atoms with Gasteiger partial charge in [0.2, 0.25) is 5.78 Å². The SMILES string of the molecule is CC[C@@H]1CCc2nc3sc(C(=O)c4cccc(OC)c4)c(N)c3cc2C1. The number of hydrogen-bond donors (Lipinski definition) is 1. The third-order valence-corrected chi connectivity index (χ3v) is 6.42. The van der Waals surface area contributed by atoms with Crippen LogP contribution in [0, 0.1) is 5.92 Å². The van der Waals surface area contributed by atoms with Gasteiger partial charge in [0.25, 0.3) is 0 Å². The maximum Gasteiger partial charge on any atom is 0.205 e. The number of rotatable bonds is 4. The Kier molecular flexibility index (Phi) is 4.41. The van der Waals surface area contributed by atoms with Crippen molar-refractivity contribution >= 4 is 33.0 Å². The Bertz CT molecular complexity index is 993. The molecule has 2 N–H and O–H groups in total. The molecule has 0 saturated heterocycles. The number of benzene rings is 1. The number of fused-ring (bicyclic) bond motifs is 2. The molecule has 0 amide bonds. The average molecular weight is 366 g/mol. The van der Waals surface area contributed by atoms with Crippen LogP contribution in [0.1, 0.15) is 46.3 Å². The van der Waals surface area contributed by atoms with Crippen LogP contribution in [0.3, 0.4) is 0 Å². The Balaban J connectivity index is 1.77. The first-order valence-corrected chi connectivity index (χ1v) is 9.81. The maximum atomic E-state index is 13.0. The molecule has 4 nitrogen and oxygen atoms in total. The van der Waals surface area contributed by atoms with Gasteiger partial charge in [-0.25, -0.2) is 4.98 Å². The van der Waals surface area contributed by atoms with E-state index in [-0.39, 0.29) is 5.78 Å². The number of ether oxygens (including phenoxy) is 1. The minimum Gasteiger partial charge on any atom is -0.497 e. The molecule has 1 aromatic carbocycles. The van der Waals surface area contributed by atoms with E-state index in [0.717, 1.165) is 29.0 Å². The van der Waals surface area contributed by atoms with Gasteiger partial charge in [0.05, 0.1) is 12.8 Å². The van der Waals surface area contributed by atoms with E-state index in [0.29, 0.717) is 21.9 Å². The van der Waals surface area contributed by atoms with Crippen molar-refractivity contribution in [2.45, 2.75) is 32.6 Å². The van der Waals surface area contributed by atoms with Gasteiger partial charge in [-0.15, -0.1) is 11.3 Å². The molecule has 0 radical (unpaired) electrons. The summed E-state index contributed by atoms with van der Waals surface area (Å²) in [5.74, 6) is 1.31. The van der Waals surface area contributed by atoms with Crippen LogP contribution >= 0.6 is 11.3 Å². The standard InChI is InChI=1S/C21H22N2O2S/c1-3-12-7-8-17-14(9-12)11-16-18(22)20(26-21(16)23-17)19(24)13-5-4-6-15(10-13)25-2/h4-6,10-12H,3,7-9,22H2,1-2H3/t12-/m1/s1. The number of nitrogens with two attached hydrogens (primary N) is 1. The molecule has 1 aliphatic rings. The first kappa shape index (κ1) is 17.0. The van der Waals surface area contributed by atoms with E-state index < -0.39 is 0 Å². The zero-order valence-corrected chi connectivity index (χ0v) is 15.9. The molecular formula is C21H22N2O2S. The van der Waals surface area contributed by atoms with Crippen LogP contribution in [0.2, 0.25) is 0 Å². The predicted octanol–water partition coefficient (Wildman–Crippen LogP) is 4.63. The van der Waals surface area contributed by atoms with Crippen molar-refractivity contribution in [2.75, 3.05) is 12.8 Å². The second-order valence-corrected chi connectivity index (χ2v) is 7.87. The quantitative estimate of drug-likeness (QED) is 0.684. The lowest BCUT2D eigenvalue weighted by Gasteiger charge is -2.22. The van der Waals surface area contributed by atoms with Gasteiger partial charge in [0.1, 0.15) is 15.5 Å². The number of anilines is 1. The minimum atomic E-state index is -0.0752. The third-order valence-electron chi connectivity index (χ3n) is 5.30. The number of nitrogen functional groups attached to an aromatic ring is 1. The largest absolute Gasteiger partial charge is 0.497 e. The van der Waals surface area contributed by atoms with Gasteiger partial charge in [0.15, 0.2) is 0 Å². The van der Waals surface area contributed by atoms with Crippen molar-refractivity contribution in [3.8, 4) is 5.75 Å². The molecule has 0 saturated carbocycles. The van der Waals surface area contributed by atoms with Crippen molar-refractivity contribution in [3.05, 3.63) is 52.0 Å². The fraction of sp³-hybridized carbons (Fsp3) is 0.333. The monoisotopic (exact) mass is 366 g/mol. The van der Waals surface area contributed by atoms with Gasteiger partial charge in [-0.3, -0.25) is 4.79 Å². The second-order valence-electron chi connectivity index (χ2n) is 6.87. The Morgan fingerprint density at radius 2 is 2.23 bits per heavy atom. The molecule has 4 rings (SSSR count). The van der Waals surface area contributed by atoms with E-state index in [1.54, 1.807) is 19.2 Å². The molecule has 0 aliphatic heterocycles. The summed E-state index contributed by atoms with van der Waals surface area (Å²) in [7, 11) is 1.59. The van der Waals surface area contributed by atoms with E-state index in [9.17, 15) is 4.79 Å². The van der Waals surface area contributed by atoms with Gasteiger partial charge >= 0.3 is 0 Å². The highest BCUT2D eigenvalue weighted by atomic mass is 32.1. The lowest BCUT2D eigenvalue weighted by atomic mass is 9.85. The van der Waals surface area contributed by atoms with E-state index in [1.807, 2.05) is 12.1 Å². The van der Waals surface area contributed by atoms with E-state index in [1.165, 1.54) is 35.4 Å². The highest BCUT2D eigenvalue weighted by molar-refractivity contribution is 7.21. The molecule has 0 fully saturated rings. The Morgan fingerprint density at radius 1 is 1.38 bits per heavy atom. The minimum absolute atomic E-state index is 0.0752. The Labute approximate surface area is 157 Å². The fourth-order valence-electron chi connectivity index (χ4n) is 3.68. The van der Waals surface area contributed by atoms with Crippen LogP contribution in [0.25, 0.3) is 10.2 Å². The van der Waals surface area contributed by atoms with Crippen molar-refractivity contribution < 1.29 is 9.53 Å². The van der Waals surface area contributed by atoms with Crippen LogP contribution in [0.15, 0.2) is 30.3 Å². The number of methoxy groups -OCH3 is 1. The zero-order valence-electron chi connectivity index (χ0n) is 15.0. The van der Waals surface area contributed by atoms with E-state index in [4.69, 9.17) is 15.5 Å². The van der Waals surface area contributed by atoms with Crippen molar-refractivity contribution in [1.29, 1.82) is 0 Å². The predicted molar refractivity (Wildman–Crippen MR) is 106 cm³/mol. The molecule has 0 unspecified atom stereocenters. The number of pyridine rings is 1. The van der Waals surface area contributed by atoms with Crippen molar-refractivity contribution in [3.63, 3.8) is 0 Å². The van der Waals surface area contributed by atoms with Crippen molar-refractivity contribution in [1.82, 2.24) is 4.98 Å². The number of carbonyl (C=O) groups excluding carboxylic acids is 1. The highest BCUT2D eigenvalue weighted by Crippen LogP contribution is 2.37. The third kappa shape index (κ3) is 2.86. The molecule has 26 heavy (non-hydrogen) atoms. The number of aryl methyl sites for hydroxylation is 1. The van der Waals surface area contributed by atoms with Crippen LogP contribution in [-0.2, 0) is 12.8 Å². The number of thiophene rings is 1.